The van der Waals surface area contributed by atoms with Gasteiger partial charge in [0.25, 0.3) is 5.91 Å². The number of benzene rings is 1. The molecule has 1 aromatic heterocycles. The molecule has 0 saturated carbocycles. The van der Waals surface area contributed by atoms with Crippen LogP contribution < -0.4 is 10.1 Å². The second-order valence-electron chi connectivity index (χ2n) is 5.54. The minimum atomic E-state index is -0.0496. The zero-order valence-electron chi connectivity index (χ0n) is 13.7. The number of anilines is 1. The number of hydrogen-bond donors (Lipinski definition) is 1. The van der Waals surface area contributed by atoms with Gasteiger partial charge in [-0.15, -0.1) is 0 Å². The van der Waals surface area contributed by atoms with Crippen LogP contribution >= 0.6 is 0 Å². The Labute approximate surface area is 141 Å². The Balaban J connectivity index is 1.62. The summed E-state index contributed by atoms with van der Waals surface area (Å²) in [4.78, 5) is 18.4. The van der Waals surface area contributed by atoms with Crippen LogP contribution in [0, 0.1) is 0 Å². The first kappa shape index (κ1) is 16.3. The van der Waals surface area contributed by atoms with Gasteiger partial charge in [0.1, 0.15) is 11.4 Å². The number of carbonyl (C=O) groups is 1. The summed E-state index contributed by atoms with van der Waals surface area (Å²) in [5, 5.41) is 3.32. The first-order valence-electron chi connectivity index (χ1n) is 7.96. The maximum absolute atomic E-state index is 12.5. The molecule has 0 bridgehead atoms. The van der Waals surface area contributed by atoms with Crippen molar-refractivity contribution in [3.63, 3.8) is 0 Å². The molecule has 2 aromatic rings. The highest BCUT2D eigenvalue weighted by Crippen LogP contribution is 2.15. The van der Waals surface area contributed by atoms with Crippen LogP contribution in [0.25, 0.3) is 0 Å². The lowest BCUT2D eigenvalue weighted by Gasteiger charge is -2.26. The smallest absolute Gasteiger partial charge is 0.272 e. The summed E-state index contributed by atoms with van der Waals surface area (Å²) in [6, 6.07) is 11.5. The topological polar surface area (TPSA) is 63.7 Å². The lowest BCUT2D eigenvalue weighted by molar-refractivity contribution is 0.0299. The molecule has 1 aliphatic heterocycles. The van der Waals surface area contributed by atoms with Crippen LogP contribution in [-0.4, -0.2) is 49.2 Å². The third-order valence-corrected chi connectivity index (χ3v) is 3.93. The van der Waals surface area contributed by atoms with Crippen molar-refractivity contribution in [3.8, 4) is 5.75 Å². The summed E-state index contributed by atoms with van der Waals surface area (Å²) in [6.45, 7) is 3.07. The number of ether oxygens (including phenoxy) is 2. The van der Waals surface area contributed by atoms with Gasteiger partial charge in [-0.2, -0.15) is 0 Å². The summed E-state index contributed by atoms with van der Waals surface area (Å²) >= 11 is 0. The van der Waals surface area contributed by atoms with Crippen molar-refractivity contribution in [2.24, 2.45) is 0 Å². The largest absolute Gasteiger partial charge is 0.497 e. The molecule has 1 saturated heterocycles. The fourth-order valence-electron chi connectivity index (χ4n) is 2.53. The molecule has 3 rings (SSSR count). The Morgan fingerprint density at radius 2 is 2.00 bits per heavy atom. The molecule has 0 aliphatic carbocycles. The number of nitrogens with zero attached hydrogens (tertiary/aromatic N) is 2. The molecule has 1 fully saturated rings. The first-order valence-corrected chi connectivity index (χ1v) is 7.96. The molecule has 1 aromatic carbocycles. The number of morpholine rings is 1. The summed E-state index contributed by atoms with van der Waals surface area (Å²) in [5.74, 6) is 0.785. The van der Waals surface area contributed by atoms with Crippen molar-refractivity contribution in [3.05, 3.63) is 53.9 Å². The first-order chi connectivity index (χ1) is 11.8. The Hall–Kier alpha value is -2.60. The third-order valence-electron chi connectivity index (χ3n) is 3.93. The van der Waals surface area contributed by atoms with Crippen molar-refractivity contribution < 1.29 is 14.3 Å². The normalized spacial score (nSPS) is 14.3. The molecule has 24 heavy (non-hydrogen) atoms. The highest BCUT2D eigenvalue weighted by Gasteiger charge is 2.19. The molecule has 1 aliphatic rings. The average Bonchev–Trinajstić information content (AvgIpc) is 2.67. The van der Waals surface area contributed by atoms with Crippen molar-refractivity contribution in [2.75, 3.05) is 38.7 Å². The zero-order valence-corrected chi connectivity index (χ0v) is 13.7. The summed E-state index contributed by atoms with van der Waals surface area (Å²) in [6.07, 6.45) is 1.66. The van der Waals surface area contributed by atoms with Crippen LogP contribution in [0.2, 0.25) is 0 Å². The van der Waals surface area contributed by atoms with E-state index in [1.165, 1.54) is 0 Å². The fraction of sp³-hybridized carbons (Fsp3) is 0.333. The van der Waals surface area contributed by atoms with Gasteiger partial charge >= 0.3 is 0 Å². The molecule has 6 heteroatoms. The molecule has 1 amide bonds. The van der Waals surface area contributed by atoms with Crippen molar-refractivity contribution in [1.82, 2.24) is 9.88 Å². The SMILES string of the molecule is COc1ccc(CNc2ccnc(C(=O)N3CCOCC3)c2)cc1. The summed E-state index contributed by atoms with van der Waals surface area (Å²) in [5.41, 5.74) is 2.46. The Morgan fingerprint density at radius 1 is 1.25 bits per heavy atom. The van der Waals surface area contributed by atoms with Crippen LogP contribution in [0.5, 0.6) is 5.75 Å². The van der Waals surface area contributed by atoms with E-state index in [0.29, 0.717) is 38.5 Å². The third kappa shape index (κ3) is 4.02. The predicted molar refractivity (Wildman–Crippen MR) is 91.3 cm³/mol. The van der Waals surface area contributed by atoms with Crippen LogP contribution in [-0.2, 0) is 11.3 Å². The standard InChI is InChI=1S/C18H21N3O3/c1-23-16-4-2-14(3-5-16)13-20-15-6-7-19-17(12-15)18(22)21-8-10-24-11-9-21/h2-7,12H,8-11,13H2,1H3,(H,19,20). The van der Waals surface area contributed by atoms with E-state index < -0.39 is 0 Å². The number of hydrogen-bond acceptors (Lipinski definition) is 5. The molecular weight excluding hydrogens is 306 g/mol. The second kappa shape index (κ2) is 7.79. The molecule has 0 atom stereocenters. The maximum atomic E-state index is 12.5. The minimum absolute atomic E-state index is 0.0496. The van der Waals surface area contributed by atoms with E-state index in [1.807, 2.05) is 30.3 Å². The summed E-state index contributed by atoms with van der Waals surface area (Å²) in [7, 11) is 1.65. The maximum Gasteiger partial charge on any atom is 0.272 e. The molecule has 1 N–H and O–H groups in total. The number of aromatic nitrogens is 1. The number of nitrogens with one attached hydrogen (secondary N) is 1. The van der Waals surface area contributed by atoms with Gasteiger partial charge in [-0.1, -0.05) is 12.1 Å². The minimum Gasteiger partial charge on any atom is -0.497 e. The fourth-order valence-corrected chi connectivity index (χ4v) is 2.53. The number of rotatable bonds is 5. The van der Waals surface area contributed by atoms with E-state index in [1.54, 1.807) is 24.3 Å². The number of amides is 1. The van der Waals surface area contributed by atoms with Gasteiger partial charge in [-0.25, -0.2) is 0 Å². The Kier molecular flexibility index (Phi) is 5.28. The molecule has 0 spiro atoms. The van der Waals surface area contributed by atoms with E-state index >= 15 is 0 Å². The van der Waals surface area contributed by atoms with Crippen LogP contribution in [0.1, 0.15) is 16.1 Å². The lowest BCUT2D eigenvalue weighted by atomic mass is 10.2. The van der Waals surface area contributed by atoms with E-state index in [0.717, 1.165) is 17.0 Å². The van der Waals surface area contributed by atoms with Gasteiger partial charge < -0.3 is 19.7 Å². The highest BCUT2D eigenvalue weighted by molar-refractivity contribution is 5.93. The van der Waals surface area contributed by atoms with Crippen LogP contribution in [0.3, 0.4) is 0 Å². The molecular formula is C18H21N3O3. The van der Waals surface area contributed by atoms with Gasteiger partial charge in [-0.3, -0.25) is 9.78 Å². The monoisotopic (exact) mass is 327 g/mol. The average molecular weight is 327 g/mol. The molecule has 2 heterocycles. The van der Waals surface area contributed by atoms with Gasteiger partial charge in [0, 0.05) is 31.5 Å². The van der Waals surface area contributed by atoms with Gasteiger partial charge in [-0.05, 0) is 29.8 Å². The van der Waals surface area contributed by atoms with Gasteiger partial charge in [0.05, 0.1) is 20.3 Å². The van der Waals surface area contributed by atoms with Gasteiger partial charge in [0.2, 0.25) is 0 Å². The highest BCUT2D eigenvalue weighted by atomic mass is 16.5. The van der Waals surface area contributed by atoms with Crippen molar-refractivity contribution >= 4 is 11.6 Å². The number of methoxy groups -OCH3 is 1. The predicted octanol–water partition coefficient (Wildman–Crippen LogP) is 2.17. The van der Waals surface area contributed by atoms with E-state index in [4.69, 9.17) is 9.47 Å². The van der Waals surface area contributed by atoms with Crippen molar-refractivity contribution in [2.45, 2.75) is 6.54 Å². The van der Waals surface area contributed by atoms with E-state index in [9.17, 15) is 4.79 Å². The van der Waals surface area contributed by atoms with Crippen LogP contribution in [0.15, 0.2) is 42.6 Å². The quantitative estimate of drug-likeness (QED) is 0.912. The number of pyridine rings is 1. The van der Waals surface area contributed by atoms with Crippen LogP contribution in [0.4, 0.5) is 5.69 Å². The van der Waals surface area contributed by atoms with E-state index in [2.05, 4.69) is 10.3 Å². The molecule has 126 valence electrons. The lowest BCUT2D eigenvalue weighted by Crippen LogP contribution is -2.41. The van der Waals surface area contributed by atoms with E-state index in [-0.39, 0.29) is 5.91 Å². The Bertz CT molecular complexity index is 682. The molecule has 6 nitrogen and oxygen atoms in total. The number of carbonyl (C=O) groups excluding carboxylic acids is 1. The zero-order chi connectivity index (χ0) is 16.8. The molecule has 0 radical (unpaired) electrons. The molecule has 0 unspecified atom stereocenters. The van der Waals surface area contributed by atoms with Gasteiger partial charge in [0.15, 0.2) is 0 Å². The Morgan fingerprint density at radius 3 is 2.71 bits per heavy atom. The van der Waals surface area contributed by atoms with Crippen molar-refractivity contribution in [1.29, 1.82) is 0 Å². The second-order valence-corrected chi connectivity index (χ2v) is 5.54. The summed E-state index contributed by atoms with van der Waals surface area (Å²) < 4.78 is 10.4.